The molecule has 0 amide bonds. The lowest BCUT2D eigenvalue weighted by Gasteiger charge is -2.55. The van der Waals surface area contributed by atoms with Crippen LogP contribution in [-0.4, -0.2) is 18.0 Å². The largest absolute Gasteiger partial charge is 0.369 e. The van der Waals surface area contributed by atoms with Crippen molar-refractivity contribution < 1.29 is 9.53 Å². The highest BCUT2D eigenvalue weighted by molar-refractivity contribution is 5.92. The van der Waals surface area contributed by atoms with Gasteiger partial charge in [-0.2, -0.15) is 0 Å². The molecule has 5 aliphatic rings. The van der Waals surface area contributed by atoms with Crippen LogP contribution >= 0.6 is 0 Å². The Morgan fingerprint density at radius 3 is 2.68 bits per heavy atom. The summed E-state index contributed by atoms with van der Waals surface area (Å²) in [5.41, 5.74) is 2.16. The number of carbonyl (C=O) groups excluding carboxylic acids is 1. The van der Waals surface area contributed by atoms with Gasteiger partial charge in [0.25, 0.3) is 0 Å². The molecular formula is C20H26O2. The van der Waals surface area contributed by atoms with E-state index in [0.29, 0.717) is 17.1 Å². The van der Waals surface area contributed by atoms with E-state index >= 15 is 0 Å². The maximum atomic E-state index is 11.8. The molecule has 6 atom stereocenters. The van der Waals surface area contributed by atoms with Gasteiger partial charge in [-0.05, 0) is 66.9 Å². The van der Waals surface area contributed by atoms with Crippen molar-refractivity contribution in [1.29, 1.82) is 0 Å². The molecule has 2 nitrogen and oxygen atoms in total. The SMILES string of the molecule is C[C@]12CCC(=O)C=C1C=CC1C2CC[C@@]2(C)C1CC[C@@]21CO1. The van der Waals surface area contributed by atoms with Crippen molar-refractivity contribution in [3.63, 3.8) is 0 Å². The van der Waals surface area contributed by atoms with Crippen LogP contribution in [0.25, 0.3) is 0 Å². The third-order valence-corrected chi connectivity index (χ3v) is 8.30. The van der Waals surface area contributed by atoms with E-state index in [1.54, 1.807) is 0 Å². The monoisotopic (exact) mass is 298 g/mol. The zero-order valence-corrected chi connectivity index (χ0v) is 13.7. The molecule has 0 aromatic heterocycles. The van der Waals surface area contributed by atoms with Crippen LogP contribution in [0.3, 0.4) is 0 Å². The molecule has 1 spiro atoms. The summed E-state index contributed by atoms with van der Waals surface area (Å²) >= 11 is 0. The van der Waals surface area contributed by atoms with Gasteiger partial charge in [-0.25, -0.2) is 0 Å². The lowest BCUT2D eigenvalue weighted by Crippen LogP contribution is -2.50. The lowest BCUT2D eigenvalue weighted by molar-refractivity contribution is -0.116. The molecule has 0 aromatic rings. The van der Waals surface area contributed by atoms with Crippen LogP contribution in [0.15, 0.2) is 23.8 Å². The fourth-order valence-electron chi connectivity index (χ4n) is 6.65. The molecule has 3 unspecified atom stereocenters. The quantitative estimate of drug-likeness (QED) is 0.631. The third kappa shape index (κ3) is 1.43. The van der Waals surface area contributed by atoms with E-state index in [2.05, 4.69) is 26.0 Å². The molecule has 118 valence electrons. The second-order valence-corrected chi connectivity index (χ2v) is 8.91. The standard InChI is InChI=1S/C20H26O2/c1-18-8-5-14(21)11-13(18)3-4-15-16(18)6-9-19(2)17(15)7-10-20(19)12-22-20/h3-4,11,15-17H,5-10,12H2,1-2H3/t15?,16?,17?,18-,19-,20+/m0/s1. The van der Waals surface area contributed by atoms with Crippen LogP contribution in [0.2, 0.25) is 0 Å². The zero-order chi connectivity index (χ0) is 15.2. The molecule has 5 rings (SSSR count). The maximum Gasteiger partial charge on any atom is 0.156 e. The number of ether oxygens (including phenoxy) is 1. The predicted molar refractivity (Wildman–Crippen MR) is 85.3 cm³/mol. The lowest BCUT2D eigenvalue weighted by atomic mass is 9.48. The van der Waals surface area contributed by atoms with Gasteiger partial charge in [0.15, 0.2) is 5.78 Å². The van der Waals surface area contributed by atoms with Crippen LogP contribution in [0.4, 0.5) is 0 Å². The molecule has 0 N–H and O–H groups in total. The molecule has 2 saturated carbocycles. The number of allylic oxidation sites excluding steroid dienone is 4. The zero-order valence-electron chi connectivity index (χ0n) is 13.7. The van der Waals surface area contributed by atoms with E-state index in [1.165, 1.54) is 31.3 Å². The van der Waals surface area contributed by atoms with Crippen molar-refractivity contribution in [2.75, 3.05) is 6.61 Å². The summed E-state index contributed by atoms with van der Waals surface area (Å²) in [5.74, 6) is 2.52. The Bertz CT molecular complexity index is 611. The molecule has 0 aromatic carbocycles. The molecule has 1 aliphatic heterocycles. The van der Waals surface area contributed by atoms with Crippen molar-refractivity contribution in [3.8, 4) is 0 Å². The Kier molecular flexibility index (Phi) is 2.43. The van der Waals surface area contributed by atoms with E-state index in [-0.39, 0.29) is 11.0 Å². The summed E-state index contributed by atoms with van der Waals surface area (Å²) < 4.78 is 5.97. The molecule has 3 fully saturated rings. The van der Waals surface area contributed by atoms with Gasteiger partial charge in [-0.1, -0.05) is 26.0 Å². The highest BCUT2D eigenvalue weighted by Crippen LogP contribution is 2.69. The van der Waals surface area contributed by atoms with Gasteiger partial charge in [0.1, 0.15) is 0 Å². The maximum absolute atomic E-state index is 11.8. The van der Waals surface area contributed by atoms with Gasteiger partial charge in [0.2, 0.25) is 0 Å². The predicted octanol–water partition coefficient (Wildman–Crippen LogP) is 4.06. The van der Waals surface area contributed by atoms with Crippen molar-refractivity contribution in [1.82, 2.24) is 0 Å². The molecule has 1 heterocycles. The van der Waals surface area contributed by atoms with Crippen molar-refractivity contribution in [2.24, 2.45) is 28.6 Å². The van der Waals surface area contributed by atoms with E-state index in [0.717, 1.165) is 31.3 Å². The van der Waals surface area contributed by atoms with Crippen LogP contribution < -0.4 is 0 Å². The summed E-state index contributed by atoms with van der Waals surface area (Å²) in [5, 5.41) is 0. The molecular weight excluding hydrogens is 272 g/mol. The third-order valence-electron chi connectivity index (χ3n) is 8.30. The molecule has 0 radical (unpaired) electrons. The van der Waals surface area contributed by atoms with Gasteiger partial charge >= 0.3 is 0 Å². The summed E-state index contributed by atoms with van der Waals surface area (Å²) in [6.07, 6.45) is 13.7. The topological polar surface area (TPSA) is 29.6 Å². The van der Waals surface area contributed by atoms with Gasteiger partial charge in [0, 0.05) is 11.8 Å². The smallest absolute Gasteiger partial charge is 0.156 e. The molecule has 22 heavy (non-hydrogen) atoms. The Morgan fingerprint density at radius 1 is 1.14 bits per heavy atom. The Hall–Kier alpha value is -0.890. The fraction of sp³-hybridized carbons (Fsp3) is 0.750. The highest BCUT2D eigenvalue weighted by Gasteiger charge is 2.69. The first kappa shape index (κ1) is 13.5. The Labute approximate surface area is 133 Å². The van der Waals surface area contributed by atoms with Gasteiger partial charge < -0.3 is 4.74 Å². The van der Waals surface area contributed by atoms with Gasteiger partial charge in [-0.15, -0.1) is 0 Å². The van der Waals surface area contributed by atoms with E-state index in [9.17, 15) is 4.79 Å². The molecule has 1 saturated heterocycles. The highest BCUT2D eigenvalue weighted by atomic mass is 16.6. The minimum atomic E-state index is 0.231. The average Bonchev–Trinajstić information content (AvgIpc) is 3.22. The number of carbonyl (C=O) groups is 1. The van der Waals surface area contributed by atoms with Gasteiger partial charge in [-0.3, -0.25) is 4.79 Å². The normalized spacial score (nSPS) is 55.5. The number of rotatable bonds is 0. The number of hydrogen-bond acceptors (Lipinski definition) is 2. The van der Waals surface area contributed by atoms with E-state index in [4.69, 9.17) is 4.74 Å². The van der Waals surface area contributed by atoms with Gasteiger partial charge in [0.05, 0.1) is 12.2 Å². The number of hydrogen-bond donors (Lipinski definition) is 0. The van der Waals surface area contributed by atoms with Crippen LogP contribution in [0.5, 0.6) is 0 Å². The van der Waals surface area contributed by atoms with E-state index in [1.807, 2.05) is 6.08 Å². The van der Waals surface area contributed by atoms with Crippen molar-refractivity contribution in [3.05, 3.63) is 23.8 Å². The first-order chi connectivity index (χ1) is 10.5. The second-order valence-electron chi connectivity index (χ2n) is 8.91. The Balaban J connectivity index is 1.57. The molecule has 2 heteroatoms. The van der Waals surface area contributed by atoms with Crippen LogP contribution in [-0.2, 0) is 9.53 Å². The minimum Gasteiger partial charge on any atom is -0.369 e. The Morgan fingerprint density at radius 2 is 1.91 bits per heavy atom. The minimum absolute atomic E-state index is 0.231. The average molecular weight is 298 g/mol. The number of epoxide rings is 1. The fourth-order valence-corrected chi connectivity index (χ4v) is 6.65. The first-order valence-electron chi connectivity index (χ1n) is 9.06. The number of fused-ring (bicyclic) bond motifs is 6. The van der Waals surface area contributed by atoms with Crippen LogP contribution in [0, 0.1) is 28.6 Å². The summed E-state index contributed by atoms with van der Waals surface area (Å²) in [7, 11) is 0. The number of ketones is 1. The molecule has 0 bridgehead atoms. The second kappa shape index (κ2) is 3.95. The first-order valence-corrected chi connectivity index (χ1v) is 9.06. The summed E-state index contributed by atoms with van der Waals surface area (Å²) in [6, 6.07) is 0. The van der Waals surface area contributed by atoms with E-state index < -0.39 is 0 Å². The van der Waals surface area contributed by atoms with Crippen molar-refractivity contribution >= 4 is 5.78 Å². The van der Waals surface area contributed by atoms with Crippen molar-refractivity contribution in [2.45, 2.75) is 58.0 Å². The molecule has 4 aliphatic carbocycles. The van der Waals surface area contributed by atoms with Crippen LogP contribution in [0.1, 0.15) is 52.4 Å². The summed E-state index contributed by atoms with van der Waals surface area (Å²) in [4.78, 5) is 11.8. The summed E-state index contributed by atoms with van der Waals surface area (Å²) in [6.45, 7) is 5.92.